The van der Waals surface area contributed by atoms with Crippen LogP contribution in [0.15, 0.2) is 18.2 Å². The lowest BCUT2D eigenvalue weighted by atomic mass is 10.1. The van der Waals surface area contributed by atoms with Crippen LogP contribution in [0.4, 0.5) is 8.78 Å². The van der Waals surface area contributed by atoms with Gasteiger partial charge in [0.15, 0.2) is 11.6 Å². The second-order valence-electron chi connectivity index (χ2n) is 6.16. The zero-order valence-corrected chi connectivity index (χ0v) is 15.3. The summed E-state index contributed by atoms with van der Waals surface area (Å²) >= 11 is 0. The molecule has 0 N–H and O–H groups in total. The SMILES string of the molecule is COCc1nc(CCc2c(C)nn(C)c2C)n(-c2ccc(F)cc2F)n1. The van der Waals surface area contributed by atoms with Crippen LogP contribution in [0.3, 0.4) is 0 Å². The number of methoxy groups -OCH3 is 1. The van der Waals surface area contributed by atoms with Crippen LogP contribution in [0, 0.1) is 25.5 Å². The number of benzene rings is 1. The maximum Gasteiger partial charge on any atom is 0.176 e. The summed E-state index contributed by atoms with van der Waals surface area (Å²) in [5, 5.41) is 8.73. The van der Waals surface area contributed by atoms with E-state index in [1.807, 2.05) is 25.6 Å². The Bertz CT molecular complexity index is 932. The quantitative estimate of drug-likeness (QED) is 0.677. The topological polar surface area (TPSA) is 57.8 Å². The first-order valence-electron chi connectivity index (χ1n) is 8.29. The van der Waals surface area contributed by atoms with Crippen molar-refractivity contribution in [3.63, 3.8) is 0 Å². The van der Waals surface area contributed by atoms with Crippen molar-refractivity contribution < 1.29 is 13.5 Å². The van der Waals surface area contributed by atoms with Gasteiger partial charge in [0.25, 0.3) is 0 Å². The summed E-state index contributed by atoms with van der Waals surface area (Å²) in [4.78, 5) is 4.46. The molecule has 6 nitrogen and oxygen atoms in total. The normalized spacial score (nSPS) is 11.3. The van der Waals surface area contributed by atoms with Gasteiger partial charge in [-0.1, -0.05) is 0 Å². The van der Waals surface area contributed by atoms with Crippen LogP contribution >= 0.6 is 0 Å². The lowest BCUT2D eigenvalue weighted by Crippen LogP contribution is -2.07. The van der Waals surface area contributed by atoms with Crippen LogP contribution in [-0.4, -0.2) is 31.7 Å². The summed E-state index contributed by atoms with van der Waals surface area (Å²) in [7, 11) is 3.44. The lowest BCUT2D eigenvalue weighted by Gasteiger charge is -2.07. The summed E-state index contributed by atoms with van der Waals surface area (Å²) in [5.41, 5.74) is 3.34. The van der Waals surface area contributed by atoms with Crippen LogP contribution in [0.5, 0.6) is 0 Å². The number of halogens is 2. The van der Waals surface area contributed by atoms with Gasteiger partial charge in [-0.15, -0.1) is 5.10 Å². The molecule has 0 spiro atoms. The van der Waals surface area contributed by atoms with Crippen molar-refractivity contribution in [3.8, 4) is 5.69 Å². The van der Waals surface area contributed by atoms with E-state index in [2.05, 4.69) is 15.2 Å². The summed E-state index contributed by atoms with van der Waals surface area (Å²) in [6.45, 7) is 4.19. The van der Waals surface area contributed by atoms with E-state index in [0.29, 0.717) is 24.5 Å². The second kappa shape index (κ2) is 7.33. The van der Waals surface area contributed by atoms with E-state index in [9.17, 15) is 8.78 Å². The van der Waals surface area contributed by atoms with Crippen molar-refractivity contribution in [2.24, 2.45) is 7.05 Å². The van der Waals surface area contributed by atoms with Crippen molar-refractivity contribution in [1.82, 2.24) is 24.5 Å². The molecule has 0 fully saturated rings. The van der Waals surface area contributed by atoms with Crippen molar-refractivity contribution in [2.45, 2.75) is 33.3 Å². The highest BCUT2D eigenvalue weighted by Crippen LogP contribution is 2.19. The molecule has 26 heavy (non-hydrogen) atoms. The van der Waals surface area contributed by atoms with Crippen LogP contribution in [0.2, 0.25) is 0 Å². The highest BCUT2D eigenvalue weighted by atomic mass is 19.1. The van der Waals surface area contributed by atoms with Gasteiger partial charge in [-0.05, 0) is 38.0 Å². The van der Waals surface area contributed by atoms with Gasteiger partial charge in [0.1, 0.15) is 23.9 Å². The third kappa shape index (κ3) is 3.50. The largest absolute Gasteiger partial charge is 0.377 e. The first kappa shape index (κ1) is 18.2. The number of rotatable bonds is 6. The average Bonchev–Trinajstić information content (AvgIpc) is 3.07. The summed E-state index contributed by atoms with van der Waals surface area (Å²) < 4.78 is 35.8. The summed E-state index contributed by atoms with van der Waals surface area (Å²) in [6, 6.07) is 3.40. The lowest BCUT2D eigenvalue weighted by molar-refractivity contribution is 0.178. The molecule has 138 valence electrons. The molecule has 0 saturated carbocycles. The molecule has 0 amide bonds. The third-order valence-electron chi connectivity index (χ3n) is 4.39. The number of nitrogens with zero attached hydrogens (tertiary/aromatic N) is 5. The monoisotopic (exact) mass is 361 g/mol. The number of ether oxygens (including phenoxy) is 1. The smallest absolute Gasteiger partial charge is 0.176 e. The van der Waals surface area contributed by atoms with Gasteiger partial charge in [-0.25, -0.2) is 18.4 Å². The molecule has 0 aliphatic carbocycles. The van der Waals surface area contributed by atoms with Crippen LogP contribution in [0.1, 0.15) is 28.6 Å². The van der Waals surface area contributed by atoms with Crippen LogP contribution in [0.25, 0.3) is 5.69 Å². The summed E-state index contributed by atoms with van der Waals surface area (Å²) in [5.74, 6) is -0.281. The maximum atomic E-state index is 14.2. The van der Waals surface area contributed by atoms with E-state index in [0.717, 1.165) is 23.0 Å². The number of aryl methyl sites for hydroxylation is 3. The van der Waals surface area contributed by atoms with E-state index in [1.165, 1.54) is 16.8 Å². The first-order valence-corrected chi connectivity index (χ1v) is 8.29. The zero-order valence-electron chi connectivity index (χ0n) is 15.3. The molecule has 0 unspecified atom stereocenters. The Labute approximate surface area is 150 Å². The molecule has 0 aliphatic heterocycles. The molecule has 8 heteroatoms. The first-order chi connectivity index (χ1) is 12.4. The predicted molar refractivity (Wildman–Crippen MR) is 92.1 cm³/mol. The van der Waals surface area contributed by atoms with Gasteiger partial charge in [-0.3, -0.25) is 4.68 Å². The second-order valence-corrected chi connectivity index (χ2v) is 6.16. The Hall–Kier alpha value is -2.61. The Morgan fingerprint density at radius 1 is 1.12 bits per heavy atom. The van der Waals surface area contributed by atoms with Gasteiger partial charge < -0.3 is 4.74 Å². The van der Waals surface area contributed by atoms with Crippen LogP contribution < -0.4 is 0 Å². The Morgan fingerprint density at radius 2 is 1.88 bits per heavy atom. The van der Waals surface area contributed by atoms with E-state index in [1.54, 1.807) is 7.11 Å². The van der Waals surface area contributed by atoms with Gasteiger partial charge in [0, 0.05) is 32.3 Å². The fourth-order valence-corrected chi connectivity index (χ4v) is 3.01. The summed E-state index contributed by atoms with van der Waals surface area (Å²) in [6.07, 6.45) is 1.24. The van der Waals surface area contributed by atoms with E-state index in [4.69, 9.17) is 4.74 Å². The van der Waals surface area contributed by atoms with Crippen molar-refractivity contribution in [2.75, 3.05) is 7.11 Å². The number of aromatic nitrogens is 5. The Kier molecular flexibility index (Phi) is 5.13. The molecule has 2 heterocycles. The number of hydrogen-bond acceptors (Lipinski definition) is 4. The van der Waals surface area contributed by atoms with Gasteiger partial charge in [-0.2, -0.15) is 5.10 Å². The molecule has 3 rings (SSSR count). The van der Waals surface area contributed by atoms with E-state index >= 15 is 0 Å². The highest BCUT2D eigenvalue weighted by molar-refractivity contribution is 5.34. The average molecular weight is 361 g/mol. The van der Waals surface area contributed by atoms with Gasteiger partial charge >= 0.3 is 0 Å². The van der Waals surface area contributed by atoms with E-state index < -0.39 is 11.6 Å². The molecule has 0 radical (unpaired) electrons. The van der Waals surface area contributed by atoms with Crippen molar-refractivity contribution >= 4 is 0 Å². The van der Waals surface area contributed by atoms with Crippen molar-refractivity contribution in [1.29, 1.82) is 0 Å². The zero-order chi connectivity index (χ0) is 18.8. The minimum absolute atomic E-state index is 0.163. The van der Waals surface area contributed by atoms with E-state index in [-0.39, 0.29) is 12.3 Å². The molecule has 0 bridgehead atoms. The molecule has 3 aromatic rings. The molecule has 1 aromatic carbocycles. The van der Waals surface area contributed by atoms with Crippen molar-refractivity contribution in [3.05, 3.63) is 58.4 Å². The minimum atomic E-state index is -0.686. The third-order valence-corrected chi connectivity index (χ3v) is 4.39. The molecular weight excluding hydrogens is 340 g/mol. The Balaban J connectivity index is 1.95. The fourth-order valence-electron chi connectivity index (χ4n) is 3.01. The standard InChI is InChI=1S/C18H21F2N5O/c1-11-14(12(2)24(3)22-11)6-8-18-21-17(10-26-4)23-25(18)16-7-5-13(19)9-15(16)20/h5,7,9H,6,8,10H2,1-4H3. The minimum Gasteiger partial charge on any atom is -0.377 e. The number of hydrogen-bond donors (Lipinski definition) is 0. The fraction of sp³-hybridized carbons (Fsp3) is 0.389. The maximum absolute atomic E-state index is 14.2. The van der Waals surface area contributed by atoms with Crippen LogP contribution in [-0.2, 0) is 31.2 Å². The molecular formula is C18H21F2N5O. The Morgan fingerprint density at radius 3 is 2.50 bits per heavy atom. The molecule has 0 atom stereocenters. The predicted octanol–water partition coefficient (Wildman–Crippen LogP) is 2.83. The molecule has 0 aliphatic rings. The highest BCUT2D eigenvalue weighted by Gasteiger charge is 2.17. The molecule has 2 aromatic heterocycles. The molecule has 0 saturated heterocycles. The van der Waals surface area contributed by atoms with Gasteiger partial charge in [0.2, 0.25) is 0 Å². The van der Waals surface area contributed by atoms with Gasteiger partial charge in [0.05, 0.1) is 5.69 Å².